The highest BCUT2D eigenvalue weighted by molar-refractivity contribution is 7.15. The number of hydrogen-bond acceptors (Lipinski definition) is 2. The fourth-order valence-corrected chi connectivity index (χ4v) is 4.07. The molecule has 134 valence electrons. The number of amides is 1. The summed E-state index contributed by atoms with van der Waals surface area (Å²) in [5.41, 5.74) is 7.60. The molecule has 0 fully saturated rings. The Morgan fingerprint density at radius 1 is 1.00 bits per heavy atom. The van der Waals surface area contributed by atoms with Crippen molar-refractivity contribution in [2.45, 2.75) is 19.5 Å². The van der Waals surface area contributed by atoms with Crippen molar-refractivity contribution >= 4 is 17.2 Å². The summed E-state index contributed by atoms with van der Waals surface area (Å²) >= 11 is 0.410. The zero-order valence-corrected chi connectivity index (χ0v) is 14.7. The number of nitrogens with two attached hydrogens (primary N) is 1. The van der Waals surface area contributed by atoms with Crippen molar-refractivity contribution in [3.05, 3.63) is 69.9 Å². The smallest absolute Gasteiger partial charge is 0.365 e. The number of hydrogen-bond donors (Lipinski definition) is 1. The highest BCUT2D eigenvalue weighted by Gasteiger charge is 2.40. The van der Waals surface area contributed by atoms with Crippen molar-refractivity contribution in [1.29, 1.82) is 0 Å². The molecule has 0 atom stereocenters. The third kappa shape index (κ3) is 3.24. The van der Waals surface area contributed by atoms with Crippen molar-refractivity contribution in [3.63, 3.8) is 0 Å². The minimum absolute atomic E-state index is 0.0119. The Morgan fingerprint density at radius 3 is 2.19 bits per heavy atom. The molecule has 3 aromatic rings. The maximum absolute atomic E-state index is 13.7. The molecule has 0 aliphatic rings. The van der Waals surface area contributed by atoms with Crippen LogP contribution in [0.25, 0.3) is 22.3 Å². The number of benzene rings is 2. The van der Waals surface area contributed by atoms with Gasteiger partial charge in [0.1, 0.15) is 9.75 Å². The van der Waals surface area contributed by atoms with Crippen LogP contribution in [0.2, 0.25) is 0 Å². The maximum Gasteiger partial charge on any atom is 0.426 e. The van der Waals surface area contributed by atoms with E-state index in [0.29, 0.717) is 28.9 Å². The summed E-state index contributed by atoms with van der Waals surface area (Å²) in [7, 11) is 0. The highest BCUT2D eigenvalue weighted by Crippen LogP contribution is 2.50. The number of carbonyl (C=O) groups excluding carboxylic acids is 1. The number of carbonyl (C=O) groups is 1. The molecular formula is C20H16F3NOS. The number of primary amides is 1. The second-order valence-corrected chi connectivity index (χ2v) is 6.77. The molecule has 0 aliphatic heterocycles. The van der Waals surface area contributed by atoms with Crippen LogP contribution in [-0.4, -0.2) is 5.91 Å². The Labute approximate surface area is 153 Å². The van der Waals surface area contributed by atoms with Crippen LogP contribution in [-0.2, 0) is 12.6 Å². The SMILES string of the molecule is CCc1ccccc1-c1c(C(N)=O)sc(C(F)(F)F)c1-c1ccccc1. The lowest BCUT2D eigenvalue weighted by Crippen LogP contribution is -2.10. The fourth-order valence-electron chi connectivity index (χ4n) is 3.01. The Bertz CT molecular complexity index is 945. The summed E-state index contributed by atoms with van der Waals surface area (Å²) in [6.45, 7) is 1.92. The normalized spacial score (nSPS) is 11.5. The first-order valence-electron chi connectivity index (χ1n) is 8.02. The Balaban J connectivity index is 2.45. The Morgan fingerprint density at radius 2 is 1.62 bits per heavy atom. The molecule has 0 saturated heterocycles. The van der Waals surface area contributed by atoms with E-state index in [1.165, 1.54) is 0 Å². The van der Waals surface area contributed by atoms with Crippen LogP contribution < -0.4 is 5.73 Å². The zero-order chi connectivity index (χ0) is 18.9. The number of alkyl halides is 3. The second-order valence-electron chi connectivity index (χ2n) is 5.75. The first-order chi connectivity index (χ1) is 12.3. The summed E-state index contributed by atoms with van der Waals surface area (Å²) in [6.07, 6.45) is -3.96. The molecule has 0 bridgehead atoms. The lowest BCUT2D eigenvalue weighted by atomic mass is 9.91. The topological polar surface area (TPSA) is 43.1 Å². The van der Waals surface area contributed by atoms with Gasteiger partial charge in [-0.1, -0.05) is 61.5 Å². The van der Waals surface area contributed by atoms with Gasteiger partial charge in [-0.2, -0.15) is 13.2 Å². The summed E-state index contributed by atoms with van der Waals surface area (Å²) in [5, 5.41) is 0. The lowest BCUT2D eigenvalue weighted by molar-refractivity contribution is -0.133. The highest BCUT2D eigenvalue weighted by atomic mass is 32.1. The van der Waals surface area contributed by atoms with Gasteiger partial charge in [-0.3, -0.25) is 4.79 Å². The maximum atomic E-state index is 13.7. The van der Waals surface area contributed by atoms with Gasteiger partial charge in [0, 0.05) is 11.1 Å². The standard InChI is InChI=1S/C20H16F3NOS/c1-2-12-8-6-7-11-14(12)16-15(13-9-4-3-5-10-13)18(20(21,22)23)26-17(16)19(24)25/h3-11H,2H2,1H3,(H2,24,25). The van der Waals surface area contributed by atoms with E-state index in [-0.39, 0.29) is 16.0 Å². The summed E-state index contributed by atoms with van der Waals surface area (Å²) in [4.78, 5) is 11.1. The molecule has 2 aromatic carbocycles. The van der Waals surface area contributed by atoms with Gasteiger partial charge in [-0.25, -0.2) is 0 Å². The average Bonchev–Trinajstić information content (AvgIpc) is 3.03. The molecule has 26 heavy (non-hydrogen) atoms. The minimum atomic E-state index is -4.58. The van der Waals surface area contributed by atoms with Crippen molar-refractivity contribution in [1.82, 2.24) is 0 Å². The van der Waals surface area contributed by atoms with Gasteiger partial charge in [0.15, 0.2) is 0 Å². The average molecular weight is 375 g/mol. The molecule has 1 amide bonds. The molecular weight excluding hydrogens is 359 g/mol. The van der Waals surface area contributed by atoms with Crippen LogP contribution >= 0.6 is 11.3 Å². The number of thiophene rings is 1. The summed E-state index contributed by atoms with van der Waals surface area (Å²) < 4.78 is 41.2. The van der Waals surface area contributed by atoms with E-state index >= 15 is 0 Å². The Hall–Kier alpha value is -2.60. The van der Waals surface area contributed by atoms with Gasteiger partial charge < -0.3 is 5.73 Å². The molecule has 0 aliphatic carbocycles. The van der Waals surface area contributed by atoms with E-state index in [1.54, 1.807) is 42.5 Å². The van der Waals surface area contributed by atoms with Crippen LogP contribution in [0.5, 0.6) is 0 Å². The molecule has 0 saturated carbocycles. The predicted molar refractivity (Wildman–Crippen MR) is 98.1 cm³/mol. The fraction of sp³-hybridized carbons (Fsp3) is 0.150. The molecule has 0 spiro atoms. The molecule has 2 nitrogen and oxygen atoms in total. The zero-order valence-electron chi connectivity index (χ0n) is 13.9. The lowest BCUT2D eigenvalue weighted by Gasteiger charge is -2.13. The van der Waals surface area contributed by atoms with Crippen molar-refractivity contribution in [3.8, 4) is 22.3 Å². The predicted octanol–water partition coefficient (Wildman–Crippen LogP) is 5.76. The van der Waals surface area contributed by atoms with E-state index in [1.807, 2.05) is 19.1 Å². The molecule has 6 heteroatoms. The first-order valence-corrected chi connectivity index (χ1v) is 8.83. The number of halogens is 3. The molecule has 0 unspecified atom stereocenters. The minimum Gasteiger partial charge on any atom is -0.365 e. The van der Waals surface area contributed by atoms with Crippen LogP contribution in [0.3, 0.4) is 0 Å². The monoisotopic (exact) mass is 375 g/mol. The molecule has 1 heterocycles. The largest absolute Gasteiger partial charge is 0.426 e. The van der Waals surface area contributed by atoms with Gasteiger partial charge in [0.05, 0.1) is 0 Å². The molecule has 1 aromatic heterocycles. The summed E-state index contributed by atoms with van der Waals surface area (Å²) in [6, 6.07) is 15.5. The molecule has 2 N–H and O–H groups in total. The van der Waals surface area contributed by atoms with Crippen molar-refractivity contribution < 1.29 is 18.0 Å². The summed E-state index contributed by atoms with van der Waals surface area (Å²) in [5.74, 6) is -0.858. The van der Waals surface area contributed by atoms with Crippen LogP contribution in [0.4, 0.5) is 13.2 Å². The van der Waals surface area contributed by atoms with Crippen LogP contribution in [0.15, 0.2) is 54.6 Å². The molecule has 3 rings (SSSR count). The van der Waals surface area contributed by atoms with Crippen molar-refractivity contribution in [2.24, 2.45) is 5.73 Å². The van der Waals surface area contributed by atoms with Crippen molar-refractivity contribution in [2.75, 3.05) is 0 Å². The van der Waals surface area contributed by atoms with E-state index in [2.05, 4.69) is 0 Å². The van der Waals surface area contributed by atoms with Crippen LogP contribution in [0.1, 0.15) is 27.0 Å². The van der Waals surface area contributed by atoms with Gasteiger partial charge in [0.2, 0.25) is 0 Å². The van der Waals surface area contributed by atoms with Crippen LogP contribution in [0, 0.1) is 0 Å². The number of rotatable bonds is 4. The first kappa shape index (κ1) is 18.2. The van der Waals surface area contributed by atoms with E-state index in [9.17, 15) is 18.0 Å². The Kier molecular flexibility index (Phi) is 4.87. The van der Waals surface area contributed by atoms with Gasteiger partial charge in [-0.05, 0) is 23.1 Å². The third-order valence-electron chi connectivity index (χ3n) is 4.12. The molecule has 0 radical (unpaired) electrons. The van der Waals surface area contributed by atoms with Gasteiger partial charge in [0.25, 0.3) is 5.91 Å². The third-order valence-corrected chi connectivity index (χ3v) is 5.37. The van der Waals surface area contributed by atoms with E-state index < -0.39 is 17.0 Å². The van der Waals surface area contributed by atoms with E-state index in [0.717, 1.165) is 5.56 Å². The van der Waals surface area contributed by atoms with Gasteiger partial charge in [-0.15, -0.1) is 11.3 Å². The number of aryl methyl sites for hydroxylation is 1. The second kappa shape index (κ2) is 6.96. The van der Waals surface area contributed by atoms with Gasteiger partial charge >= 0.3 is 6.18 Å². The quantitative estimate of drug-likeness (QED) is 0.619. The van der Waals surface area contributed by atoms with E-state index in [4.69, 9.17) is 5.73 Å².